The van der Waals surface area contributed by atoms with Gasteiger partial charge in [0.2, 0.25) is 17.8 Å². The molecule has 0 spiro atoms. The van der Waals surface area contributed by atoms with Crippen LogP contribution in [0.3, 0.4) is 0 Å². The first-order valence-electron chi connectivity index (χ1n) is 20.8. The summed E-state index contributed by atoms with van der Waals surface area (Å²) in [4.78, 5) is 73.9. The Bertz CT molecular complexity index is 2360. The van der Waals surface area contributed by atoms with Gasteiger partial charge in [-0.2, -0.15) is 4.98 Å². The third-order valence-electron chi connectivity index (χ3n) is 10.9. The van der Waals surface area contributed by atoms with Crippen LogP contribution in [0.4, 0.5) is 17.5 Å². The van der Waals surface area contributed by atoms with E-state index in [-0.39, 0.29) is 54.7 Å². The molecule has 0 aliphatic carbocycles. The van der Waals surface area contributed by atoms with Crippen molar-refractivity contribution in [3.05, 3.63) is 75.2 Å². The van der Waals surface area contributed by atoms with E-state index < -0.39 is 11.9 Å². The number of piperidine rings is 2. The first-order chi connectivity index (χ1) is 30.6. The van der Waals surface area contributed by atoms with E-state index in [2.05, 4.69) is 25.8 Å². The second-order valence-corrected chi connectivity index (χ2v) is 15.5. The molecule has 0 radical (unpaired) electrons. The van der Waals surface area contributed by atoms with Gasteiger partial charge in [-0.15, -0.1) is 0 Å². The summed E-state index contributed by atoms with van der Waals surface area (Å²) >= 11 is 6.50. The van der Waals surface area contributed by atoms with Gasteiger partial charge in [-0.25, -0.2) is 4.98 Å². The molecule has 2 aromatic heterocycles. The molecule has 20 heteroatoms. The van der Waals surface area contributed by atoms with Crippen LogP contribution in [0, 0.1) is 0 Å². The number of rotatable bonds is 21. The van der Waals surface area contributed by atoms with Crippen molar-refractivity contribution in [2.75, 3.05) is 89.8 Å². The minimum absolute atomic E-state index is 0.0675. The standard InChI is InChI=1S/C43H51ClN8O11/c1-45-38(54)26-63-36-23-27-21-29(3-6-34(27)50(2)42(36)57)47-39-33(44)24-46-43(49-39)51-11-9-30(10-12-51)61-19-17-59-15-13-58-14-16-60-18-20-62-31-4-5-32-28(22-31)25-52(41(32)56)35-7-8-37(53)48-40(35)55/h3-6,21-24,30,35H,7-20,25-26H2,1-2H3,(H,45,54)(H,46,47,49)(H,48,53,55). The molecule has 0 bridgehead atoms. The molecule has 3 N–H and O–H groups in total. The van der Waals surface area contributed by atoms with E-state index in [1.165, 1.54) is 16.5 Å². The minimum atomic E-state index is -0.654. The summed E-state index contributed by atoms with van der Waals surface area (Å²) in [6.45, 7) is 4.72. The molecule has 4 amide bonds. The SMILES string of the molecule is CNC(=O)COc1cc2cc(Nc3nc(N4CCC(OCCOCCOCCOCCOc5ccc6c(c5)CN(C5CCC(=O)NC5=O)C6=O)CC4)ncc3Cl)ccc2n(C)c1=O. The number of pyridine rings is 1. The number of carbonyl (C=O) groups excluding carboxylic acids is 4. The average Bonchev–Trinajstić information content (AvgIpc) is 3.61. The first-order valence-corrected chi connectivity index (χ1v) is 21.2. The van der Waals surface area contributed by atoms with Crippen LogP contribution >= 0.6 is 11.6 Å². The number of likely N-dealkylation sites (N-methyl/N-ethyl adjacent to an activating group) is 1. The molecule has 1 unspecified atom stereocenters. The summed E-state index contributed by atoms with van der Waals surface area (Å²) < 4.78 is 35.7. The molecule has 2 aromatic carbocycles. The van der Waals surface area contributed by atoms with E-state index in [0.717, 1.165) is 23.8 Å². The summed E-state index contributed by atoms with van der Waals surface area (Å²) in [7, 11) is 3.14. The number of benzene rings is 2. The van der Waals surface area contributed by atoms with Gasteiger partial charge in [-0.1, -0.05) is 11.6 Å². The highest BCUT2D eigenvalue weighted by Crippen LogP contribution is 2.31. The van der Waals surface area contributed by atoms with Gasteiger partial charge in [0.15, 0.2) is 18.2 Å². The van der Waals surface area contributed by atoms with E-state index >= 15 is 0 Å². The molecule has 2 saturated heterocycles. The number of halogens is 1. The zero-order chi connectivity index (χ0) is 44.3. The van der Waals surface area contributed by atoms with Crippen LogP contribution in [0.2, 0.25) is 5.02 Å². The molecule has 3 aliphatic heterocycles. The number of hydrogen-bond acceptors (Lipinski definition) is 15. The quantitative estimate of drug-likeness (QED) is 0.0811. The summed E-state index contributed by atoms with van der Waals surface area (Å²) in [5.41, 5.74) is 2.35. The minimum Gasteiger partial charge on any atom is -0.491 e. The molecule has 2 fully saturated rings. The molecular formula is C43H51ClN8O11. The van der Waals surface area contributed by atoms with Gasteiger partial charge in [0, 0.05) is 56.8 Å². The number of hydrogen-bond donors (Lipinski definition) is 3. The molecular weight excluding hydrogens is 840 g/mol. The van der Waals surface area contributed by atoms with Gasteiger partial charge in [-0.3, -0.25) is 29.3 Å². The predicted molar refractivity (Wildman–Crippen MR) is 231 cm³/mol. The average molecular weight is 891 g/mol. The Hall–Kier alpha value is -5.86. The largest absolute Gasteiger partial charge is 0.491 e. The summed E-state index contributed by atoms with van der Waals surface area (Å²) in [5.74, 6) is 0.346. The fourth-order valence-corrected chi connectivity index (χ4v) is 7.62. The van der Waals surface area contributed by atoms with Crippen molar-refractivity contribution in [2.24, 2.45) is 7.05 Å². The van der Waals surface area contributed by atoms with Gasteiger partial charge < -0.3 is 53.4 Å². The van der Waals surface area contributed by atoms with E-state index in [1.54, 1.807) is 37.5 Å². The molecule has 19 nitrogen and oxygen atoms in total. The molecule has 7 rings (SSSR count). The zero-order valence-corrected chi connectivity index (χ0v) is 35.9. The van der Waals surface area contributed by atoms with Crippen LogP contribution in [-0.4, -0.2) is 135 Å². The summed E-state index contributed by atoms with van der Waals surface area (Å²) in [6.07, 6.45) is 3.79. The highest BCUT2D eigenvalue weighted by Gasteiger charge is 2.39. The maximum Gasteiger partial charge on any atom is 0.293 e. The second-order valence-electron chi connectivity index (χ2n) is 15.1. The van der Waals surface area contributed by atoms with Gasteiger partial charge in [0.25, 0.3) is 17.4 Å². The highest BCUT2D eigenvalue weighted by atomic mass is 35.5. The van der Waals surface area contributed by atoms with E-state index in [9.17, 15) is 24.0 Å². The molecule has 0 saturated carbocycles. The number of ether oxygens (including phenoxy) is 6. The fraction of sp³-hybridized carbons (Fsp3) is 0.465. The summed E-state index contributed by atoms with van der Waals surface area (Å²) in [6, 6.07) is 11.7. The Labute approximate surface area is 368 Å². The van der Waals surface area contributed by atoms with E-state index in [1.807, 2.05) is 18.2 Å². The monoisotopic (exact) mass is 890 g/mol. The van der Waals surface area contributed by atoms with Crippen LogP contribution in [0.5, 0.6) is 11.5 Å². The lowest BCUT2D eigenvalue weighted by atomic mass is 10.0. The van der Waals surface area contributed by atoms with Crippen molar-refractivity contribution in [1.29, 1.82) is 0 Å². The molecule has 336 valence electrons. The van der Waals surface area contributed by atoms with Crippen LogP contribution < -0.4 is 35.9 Å². The lowest BCUT2D eigenvalue weighted by Crippen LogP contribution is -2.52. The van der Waals surface area contributed by atoms with Crippen LogP contribution in [0.15, 0.2) is 53.5 Å². The zero-order valence-electron chi connectivity index (χ0n) is 35.2. The number of amides is 4. The molecule has 5 heterocycles. The molecule has 4 aromatic rings. The fourth-order valence-electron chi connectivity index (χ4n) is 7.48. The van der Waals surface area contributed by atoms with Crippen molar-refractivity contribution in [1.82, 2.24) is 30.1 Å². The maximum atomic E-state index is 12.9. The summed E-state index contributed by atoms with van der Waals surface area (Å²) in [5, 5.41) is 9.13. The molecule has 1 atom stereocenters. The van der Waals surface area contributed by atoms with Gasteiger partial charge in [0.05, 0.1) is 64.1 Å². The Morgan fingerprint density at radius 2 is 1.62 bits per heavy atom. The number of aryl methyl sites for hydroxylation is 1. The van der Waals surface area contributed by atoms with Crippen LogP contribution in [0.25, 0.3) is 10.9 Å². The van der Waals surface area contributed by atoms with Crippen LogP contribution in [0.1, 0.15) is 41.6 Å². The smallest absolute Gasteiger partial charge is 0.293 e. The molecule has 63 heavy (non-hydrogen) atoms. The number of nitrogens with one attached hydrogen (secondary N) is 3. The first kappa shape index (κ1) is 45.2. The van der Waals surface area contributed by atoms with Crippen LogP contribution in [-0.2, 0) is 46.9 Å². The third-order valence-corrected chi connectivity index (χ3v) is 11.1. The van der Waals surface area contributed by atoms with Crippen molar-refractivity contribution in [3.63, 3.8) is 0 Å². The van der Waals surface area contributed by atoms with Gasteiger partial charge in [0.1, 0.15) is 23.4 Å². The number of carbonyl (C=O) groups is 4. The van der Waals surface area contributed by atoms with Crippen molar-refractivity contribution in [3.8, 4) is 11.5 Å². The second kappa shape index (κ2) is 21.5. The lowest BCUT2D eigenvalue weighted by molar-refractivity contribution is -0.137. The Kier molecular flexibility index (Phi) is 15.4. The molecule has 3 aliphatic rings. The van der Waals surface area contributed by atoms with Crippen molar-refractivity contribution < 1.29 is 47.6 Å². The van der Waals surface area contributed by atoms with E-state index in [0.29, 0.717) is 112 Å². The van der Waals surface area contributed by atoms with E-state index in [4.69, 9.17) is 45.0 Å². The topological polar surface area (TPSA) is 214 Å². The Morgan fingerprint density at radius 1 is 0.889 bits per heavy atom. The number of fused-ring (bicyclic) bond motifs is 2. The highest BCUT2D eigenvalue weighted by molar-refractivity contribution is 6.33. The number of imide groups is 1. The Morgan fingerprint density at radius 3 is 2.35 bits per heavy atom. The van der Waals surface area contributed by atoms with Crippen molar-refractivity contribution >= 4 is 63.6 Å². The van der Waals surface area contributed by atoms with Gasteiger partial charge in [-0.05, 0) is 67.3 Å². The number of aromatic nitrogens is 3. The maximum absolute atomic E-state index is 12.9. The third kappa shape index (κ3) is 11.6. The van der Waals surface area contributed by atoms with Gasteiger partial charge >= 0.3 is 0 Å². The normalized spacial score (nSPS) is 16.6. The number of anilines is 3. The van der Waals surface area contributed by atoms with Crippen molar-refractivity contribution in [2.45, 2.75) is 44.4 Å². The predicted octanol–water partition coefficient (Wildman–Crippen LogP) is 2.73. The lowest BCUT2D eigenvalue weighted by Gasteiger charge is -2.32. The Balaban J connectivity index is 0.731. The number of nitrogens with zero attached hydrogens (tertiary/aromatic N) is 5.